The zero-order valence-corrected chi connectivity index (χ0v) is 13.4. The molecule has 0 aliphatic heterocycles. The van der Waals surface area contributed by atoms with Crippen LogP contribution in [-0.2, 0) is 11.4 Å². The van der Waals surface area contributed by atoms with E-state index in [4.69, 9.17) is 4.84 Å². The summed E-state index contributed by atoms with van der Waals surface area (Å²) in [5.41, 5.74) is 3.79. The van der Waals surface area contributed by atoms with E-state index < -0.39 is 0 Å². The lowest BCUT2D eigenvalue weighted by atomic mass is 10.1. The van der Waals surface area contributed by atoms with Gasteiger partial charge in [-0.1, -0.05) is 47.3 Å². The summed E-state index contributed by atoms with van der Waals surface area (Å²) in [5.74, 6) is 6.32. The molecular formula is C20H17N3O. The van der Waals surface area contributed by atoms with Crippen LogP contribution in [0.15, 0.2) is 78.5 Å². The summed E-state index contributed by atoms with van der Waals surface area (Å²) in [6.45, 7) is 0.600. The molecule has 0 N–H and O–H groups in total. The van der Waals surface area contributed by atoms with E-state index in [1.165, 1.54) is 0 Å². The Balaban J connectivity index is 1.77. The molecule has 118 valence electrons. The molecule has 1 aromatic heterocycles. The molecular weight excluding hydrogens is 298 g/mol. The van der Waals surface area contributed by atoms with Crippen molar-refractivity contribution in [1.82, 2.24) is 9.55 Å². The summed E-state index contributed by atoms with van der Waals surface area (Å²) >= 11 is 0. The number of nitrogens with zero attached hydrogens (tertiary/aromatic N) is 3. The lowest BCUT2D eigenvalue weighted by Gasteiger charge is -2.07. The van der Waals surface area contributed by atoms with Crippen LogP contribution in [-0.4, -0.2) is 22.4 Å². The second-order valence-corrected chi connectivity index (χ2v) is 5.15. The van der Waals surface area contributed by atoms with Gasteiger partial charge in [-0.05, 0) is 24.3 Å². The van der Waals surface area contributed by atoms with Crippen molar-refractivity contribution in [2.75, 3.05) is 7.11 Å². The third-order valence-corrected chi connectivity index (χ3v) is 3.44. The molecule has 3 aromatic rings. The highest BCUT2D eigenvalue weighted by atomic mass is 16.6. The van der Waals surface area contributed by atoms with Crippen LogP contribution in [0.1, 0.15) is 16.7 Å². The minimum absolute atomic E-state index is 0.600. The molecule has 4 nitrogen and oxygen atoms in total. The van der Waals surface area contributed by atoms with Crippen LogP contribution < -0.4 is 0 Å². The molecule has 0 radical (unpaired) electrons. The molecule has 0 aliphatic carbocycles. The van der Waals surface area contributed by atoms with Crippen molar-refractivity contribution >= 4 is 5.71 Å². The quantitative estimate of drug-likeness (QED) is 0.421. The lowest BCUT2D eigenvalue weighted by molar-refractivity contribution is 0.212. The molecule has 0 unspecified atom stereocenters. The van der Waals surface area contributed by atoms with E-state index in [2.05, 4.69) is 22.0 Å². The summed E-state index contributed by atoms with van der Waals surface area (Å²) in [4.78, 5) is 9.01. The van der Waals surface area contributed by atoms with Crippen molar-refractivity contribution in [3.05, 3.63) is 90.0 Å². The van der Waals surface area contributed by atoms with Crippen LogP contribution in [0.2, 0.25) is 0 Å². The van der Waals surface area contributed by atoms with Gasteiger partial charge in [0.15, 0.2) is 0 Å². The fourth-order valence-corrected chi connectivity index (χ4v) is 2.25. The Labute approximate surface area is 141 Å². The van der Waals surface area contributed by atoms with E-state index in [1.54, 1.807) is 19.6 Å². The molecule has 3 rings (SSSR count). The van der Waals surface area contributed by atoms with Gasteiger partial charge < -0.3 is 9.40 Å². The SMILES string of the molecule is CO/N=C(\Cn1ccnc1)c1ccc(C#Cc2ccccc2)cc1. The van der Waals surface area contributed by atoms with Gasteiger partial charge in [0, 0.05) is 29.1 Å². The maximum absolute atomic E-state index is 4.97. The minimum Gasteiger partial charge on any atom is -0.399 e. The maximum atomic E-state index is 4.97. The van der Waals surface area contributed by atoms with Crippen LogP contribution in [0.4, 0.5) is 0 Å². The predicted octanol–water partition coefficient (Wildman–Crippen LogP) is 3.33. The summed E-state index contributed by atoms with van der Waals surface area (Å²) in [6, 6.07) is 17.9. The summed E-state index contributed by atoms with van der Waals surface area (Å²) < 4.78 is 1.95. The van der Waals surface area contributed by atoms with E-state index in [0.717, 1.165) is 22.4 Å². The van der Waals surface area contributed by atoms with Crippen LogP contribution in [0.25, 0.3) is 0 Å². The molecule has 0 amide bonds. The highest BCUT2D eigenvalue weighted by molar-refractivity contribution is 6.00. The first-order valence-electron chi connectivity index (χ1n) is 7.58. The number of hydrogen-bond donors (Lipinski definition) is 0. The lowest BCUT2D eigenvalue weighted by Crippen LogP contribution is -2.11. The number of rotatable bonds is 4. The van der Waals surface area contributed by atoms with E-state index in [1.807, 2.05) is 65.4 Å². The molecule has 24 heavy (non-hydrogen) atoms. The Morgan fingerprint density at radius 1 is 1.04 bits per heavy atom. The van der Waals surface area contributed by atoms with Crippen LogP contribution in [0.3, 0.4) is 0 Å². The predicted molar refractivity (Wildman–Crippen MR) is 94.6 cm³/mol. The molecule has 0 saturated heterocycles. The molecule has 2 aromatic carbocycles. The van der Waals surface area contributed by atoms with Gasteiger partial charge >= 0.3 is 0 Å². The largest absolute Gasteiger partial charge is 0.399 e. The first-order valence-corrected chi connectivity index (χ1v) is 7.58. The van der Waals surface area contributed by atoms with E-state index in [0.29, 0.717) is 6.54 Å². The first kappa shape index (κ1) is 15.6. The Bertz CT molecular complexity index is 855. The van der Waals surface area contributed by atoms with Crippen LogP contribution in [0.5, 0.6) is 0 Å². The smallest absolute Gasteiger partial charge is 0.107 e. The Morgan fingerprint density at radius 2 is 1.75 bits per heavy atom. The molecule has 0 bridgehead atoms. The Kier molecular flexibility index (Phi) is 5.06. The normalized spacial score (nSPS) is 10.8. The van der Waals surface area contributed by atoms with Crippen LogP contribution >= 0.6 is 0 Å². The van der Waals surface area contributed by atoms with E-state index in [-0.39, 0.29) is 0 Å². The maximum Gasteiger partial charge on any atom is 0.107 e. The number of oxime groups is 1. The number of hydrogen-bond acceptors (Lipinski definition) is 3. The van der Waals surface area contributed by atoms with Gasteiger partial charge in [0.2, 0.25) is 0 Å². The van der Waals surface area contributed by atoms with Crippen molar-refractivity contribution in [3.63, 3.8) is 0 Å². The fraction of sp³-hybridized carbons (Fsp3) is 0.100. The van der Waals surface area contributed by atoms with Gasteiger partial charge in [-0.25, -0.2) is 4.98 Å². The topological polar surface area (TPSA) is 39.4 Å². The van der Waals surface area contributed by atoms with Gasteiger partial charge in [0.1, 0.15) is 12.8 Å². The Morgan fingerprint density at radius 3 is 2.38 bits per heavy atom. The van der Waals surface area contributed by atoms with Crippen molar-refractivity contribution < 1.29 is 4.84 Å². The molecule has 0 spiro atoms. The first-order chi connectivity index (χ1) is 11.8. The number of benzene rings is 2. The third-order valence-electron chi connectivity index (χ3n) is 3.44. The second kappa shape index (κ2) is 7.80. The Hall–Kier alpha value is -3.32. The summed E-state index contributed by atoms with van der Waals surface area (Å²) in [7, 11) is 1.55. The summed E-state index contributed by atoms with van der Waals surface area (Å²) in [5, 5.41) is 4.12. The summed E-state index contributed by atoms with van der Waals surface area (Å²) in [6.07, 6.45) is 5.39. The van der Waals surface area contributed by atoms with Crippen molar-refractivity contribution in [3.8, 4) is 11.8 Å². The van der Waals surface area contributed by atoms with E-state index in [9.17, 15) is 0 Å². The molecule has 1 heterocycles. The molecule has 0 saturated carbocycles. The minimum atomic E-state index is 0.600. The average molecular weight is 315 g/mol. The zero-order valence-electron chi connectivity index (χ0n) is 13.4. The monoisotopic (exact) mass is 315 g/mol. The van der Waals surface area contributed by atoms with Gasteiger partial charge in [-0.2, -0.15) is 0 Å². The third kappa shape index (κ3) is 4.11. The van der Waals surface area contributed by atoms with Crippen molar-refractivity contribution in [2.24, 2.45) is 5.16 Å². The second-order valence-electron chi connectivity index (χ2n) is 5.15. The average Bonchev–Trinajstić information content (AvgIpc) is 3.14. The number of aromatic nitrogens is 2. The molecule has 0 atom stereocenters. The van der Waals surface area contributed by atoms with Crippen molar-refractivity contribution in [1.29, 1.82) is 0 Å². The molecule has 0 fully saturated rings. The van der Waals surface area contributed by atoms with Crippen LogP contribution in [0, 0.1) is 11.8 Å². The molecule has 0 aliphatic rings. The molecule has 4 heteroatoms. The van der Waals surface area contributed by atoms with Gasteiger partial charge in [-0.3, -0.25) is 0 Å². The van der Waals surface area contributed by atoms with Gasteiger partial charge in [0.05, 0.1) is 12.9 Å². The highest BCUT2D eigenvalue weighted by Gasteiger charge is 2.05. The fourth-order valence-electron chi connectivity index (χ4n) is 2.25. The van der Waals surface area contributed by atoms with Gasteiger partial charge in [0.25, 0.3) is 0 Å². The van der Waals surface area contributed by atoms with Gasteiger partial charge in [-0.15, -0.1) is 0 Å². The standard InChI is InChI=1S/C20H17N3O/c1-24-22-20(15-23-14-13-21-16-23)19-11-9-18(10-12-19)8-7-17-5-3-2-4-6-17/h2-6,9-14,16H,15H2,1H3/b22-20+. The van der Waals surface area contributed by atoms with Crippen molar-refractivity contribution in [2.45, 2.75) is 6.54 Å². The zero-order chi connectivity index (χ0) is 16.6. The number of imidazole rings is 1. The highest BCUT2D eigenvalue weighted by Crippen LogP contribution is 2.08. The van der Waals surface area contributed by atoms with E-state index >= 15 is 0 Å².